The summed E-state index contributed by atoms with van der Waals surface area (Å²) < 4.78 is 112. The zero-order chi connectivity index (χ0) is 40.2. The molecule has 2 aliphatic heterocycles. The van der Waals surface area contributed by atoms with Gasteiger partial charge < -0.3 is 16.5 Å². The van der Waals surface area contributed by atoms with Crippen LogP contribution >= 0.6 is 11.6 Å². The van der Waals surface area contributed by atoms with Crippen molar-refractivity contribution in [3.05, 3.63) is 70.4 Å². The predicted molar refractivity (Wildman–Crippen MR) is 183 cm³/mol. The minimum atomic E-state index is -4.94. The highest BCUT2D eigenvalue weighted by atomic mass is 35.5. The maximum atomic E-state index is 14.9. The number of alkyl halides is 8. The van der Waals surface area contributed by atoms with Crippen molar-refractivity contribution in [1.29, 1.82) is 0 Å². The van der Waals surface area contributed by atoms with Crippen LogP contribution in [0.4, 0.5) is 35.1 Å². The van der Waals surface area contributed by atoms with Crippen LogP contribution in [0.5, 0.6) is 0 Å². The SMILES string of the molecule is C[C@H](C(=O)NC[C@H](c1ccc(Cl)c(C2N=CNN2C(F)F)c1)N1C(=O)[C@@](CC(C)(C)C(F)(F)F)(c2ccc(-c3cnn(C4CC4)n3)cc2)N=C1N)C(F)(F)F. The number of halogens is 9. The van der Waals surface area contributed by atoms with Crippen molar-refractivity contribution in [2.75, 3.05) is 6.54 Å². The Morgan fingerprint density at radius 3 is 2.36 bits per heavy atom. The molecule has 1 aliphatic carbocycles. The van der Waals surface area contributed by atoms with Crippen molar-refractivity contribution >= 4 is 35.7 Å². The molecule has 4 N–H and O–H groups in total. The second kappa shape index (κ2) is 14.3. The Morgan fingerprint density at radius 1 is 1.09 bits per heavy atom. The third-order valence-electron chi connectivity index (χ3n) is 9.88. The average Bonchev–Trinajstić information content (AvgIpc) is 3.52. The number of hydrogen-bond acceptors (Lipinski definition) is 9. The second-order valence-electron chi connectivity index (χ2n) is 14.2. The fourth-order valence-electron chi connectivity index (χ4n) is 6.38. The van der Waals surface area contributed by atoms with Gasteiger partial charge in [-0.1, -0.05) is 55.8 Å². The van der Waals surface area contributed by atoms with Crippen LogP contribution in [0.3, 0.4) is 0 Å². The highest BCUT2D eigenvalue weighted by Crippen LogP contribution is 2.51. The Labute approximate surface area is 313 Å². The molecule has 1 unspecified atom stereocenters. The molecule has 2 amide bonds. The largest absolute Gasteiger partial charge is 0.400 e. The van der Waals surface area contributed by atoms with E-state index < -0.39 is 78.7 Å². The molecular weight excluding hydrogens is 768 g/mol. The molecule has 296 valence electrons. The lowest BCUT2D eigenvalue weighted by Crippen LogP contribution is -2.51. The number of amides is 2. The summed E-state index contributed by atoms with van der Waals surface area (Å²) in [6, 6.07) is 8.31. The first-order chi connectivity index (χ1) is 25.6. The van der Waals surface area contributed by atoms with Gasteiger partial charge in [-0.2, -0.15) is 50.1 Å². The van der Waals surface area contributed by atoms with Gasteiger partial charge in [-0.05, 0) is 49.4 Å². The maximum absolute atomic E-state index is 14.9. The summed E-state index contributed by atoms with van der Waals surface area (Å²) in [5.74, 6) is -5.69. The molecule has 12 nitrogen and oxygen atoms in total. The van der Waals surface area contributed by atoms with Gasteiger partial charge in [0.05, 0.1) is 30.0 Å². The van der Waals surface area contributed by atoms with Crippen LogP contribution in [0.15, 0.2) is 58.6 Å². The first-order valence-electron chi connectivity index (χ1n) is 16.9. The molecule has 4 atom stereocenters. The number of nitrogens with one attached hydrogen (secondary N) is 2. The van der Waals surface area contributed by atoms with E-state index in [1.165, 1.54) is 48.7 Å². The van der Waals surface area contributed by atoms with E-state index in [4.69, 9.17) is 17.3 Å². The van der Waals surface area contributed by atoms with Crippen molar-refractivity contribution in [3.8, 4) is 11.3 Å². The Kier molecular flexibility index (Phi) is 10.4. The van der Waals surface area contributed by atoms with Gasteiger partial charge in [-0.3, -0.25) is 14.5 Å². The molecule has 6 rings (SSSR count). The molecule has 0 spiro atoms. The Bertz CT molecular complexity index is 2000. The average molecular weight is 803 g/mol. The van der Waals surface area contributed by atoms with E-state index in [1.807, 2.05) is 0 Å². The van der Waals surface area contributed by atoms with Crippen LogP contribution in [-0.2, 0) is 15.1 Å². The highest BCUT2D eigenvalue weighted by molar-refractivity contribution is 6.31. The molecule has 21 heteroatoms. The smallest absolute Gasteiger partial charge is 0.369 e. The lowest BCUT2D eigenvalue weighted by atomic mass is 9.74. The number of rotatable bonds is 12. The monoisotopic (exact) mass is 802 g/mol. The van der Waals surface area contributed by atoms with E-state index in [0.29, 0.717) is 23.2 Å². The number of hydrogen-bond donors (Lipinski definition) is 3. The summed E-state index contributed by atoms with van der Waals surface area (Å²) in [7, 11) is 0. The van der Waals surface area contributed by atoms with Crippen LogP contribution in [0.2, 0.25) is 5.02 Å². The number of hydrazine groups is 1. The van der Waals surface area contributed by atoms with Gasteiger partial charge >= 0.3 is 18.9 Å². The van der Waals surface area contributed by atoms with Crippen LogP contribution in [0.25, 0.3) is 11.3 Å². The van der Waals surface area contributed by atoms with E-state index in [1.54, 1.807) is 4.80 Å². The maximum Gasteiger partial charge on any atom is 0.400 e. The second-order valence-corrected chi connectivity index (χ2v) is 14.6. The van der Waals surface area contributed by atoms with Crippen LogP contribution < -0.4 is 16.5 Å². The van der Waals surface area contributed by atoms with Crippen molar-refractivity contribution in [3.63, 3.8) is 0 Å². The van der Waals surface area contributed by atoms with Gasteiger partial charge in [0.15, 0.2) is 17.7 Å². The quantitative estimate of drug-likeness (QED) is 0.142. The lowest BCUT2D eigenvalue weighted by Gasteiger charge is -2.37. The summed E-state index contributed by atoms with van der Waals surface area (Å²) in [6.45, 7) is -1.46. The number of carbonyl (C=O) groups is 2. The molecule has 0 bridgehead atoms. The molecule has 0 radical (unpaired) electrons. The minimum absolute atomic E-state index is 0.00200. The van der Waals surface area contributed by atoms with Gasteiger partial charge in [-0.15, -0.1) is 5.01 Å². The van der Waals surface area contributed by atoms with Gasteiger partial charge in [0.2, 0.25) is 5.91 Å². The Balaban J connectivity index is 1.43. The van der Waals surface area contributed by atoms with E-state index in [9.17, 15) is 44.7 Å². The van der Waals surface area contributed by atoms with Gasteiger partial charge in [0, 0.05) is 22.7 Å². The van der Waals surface area contributed by atoms with Gasteiger partial charge in [0.25, 0.3) is 5.91 Å². The predicted octanol–water partition coefficient (Wildman–Crippen LogP) is 6.39. The molecule has 1 aromatic heterocycles. The first-order valence-corrected chi connectivity index (χ1v) is 17.3. The standard InChI is InChI=1S/C34H35ClF8N10O2/c1-17(33(38,39)40)27(54)45-14-25(19-6-11-23(35)22(12-19)26-46-16-48-52(26)29(36)37)51-28(55)32(49-30(51)44,15-31(2,3)34(41,42)43)20-7-4-18(5-8-20)24-13-47-53(50-24)21-9-10-21/h4-8,11-13,16-17,21,25-26,29H,9-10,14-15H2,1-3H3,(H2,44,49)(H,45,54)(H,46,48)/t17-,25-,26?,32-/m1/s1. The summed E-state index contributed by atoms with van der Waals surface area (Å²) in [5, 5.41) is 11.2. The zero-order valence-corrected chi connectivity index (χ0v) is 30.1. The van der Waals surface area contributed by atoms with Crippen LogP contribution in [-0.4, -0.2) is 74.5 Å². The molecule has 3 heterocycles. The zero-order valence-electron chi connectivity index (χ0n) is 29.3. The van der Waals surface area contributed by atoms with E-state index in [0.717, 1.165) is 37.9 Å². The molecule has 55 heavy (non-hydrogen) atoms. The third kappa shape index (κ3) is 7.70. The number of carbonyl (C=O) groups excluding carboxylic acids is 2. The van der Waals surface area contributed by atoms with Crippen molar-refractivity contribution < 1.29 is 44.7 Å². The van der Waals surface area contributed by atoms with Gasteiger partial charge in [0.1, 0.15) is 11.6 Å². The fourth-order valence-corrected chi connectivity index (χ4v) is 6.60. The number of nitrogens with two attached hydrogens (primary N) is 1. The van der Waals surface area contributed by atoms with E-state index in [2.05, 4.69) is 30.9 Å². The van der Waals surface area contributed by atoms with E-state index >= 15 is 0 Å². The summed E-state index contributed by atoms with van der Waals surface area (Å²) >= 11 is 6.39. The fraction of sp³-hybridized carbons (Fsp3) is 0.471. The molecule has 1 saturated carbocycles. The summed E-state index contributed by atoms with van der Waals surface area (Å²) in [6.07, 6.45) is -7.80. The highest BCUT2D eigenvalue weighted by Gasteiger charge is 2.59. The first kappa shape index (κ1) is 39.8. The van der Waals surface area contributed by atoms with Crippen molar-refractivity contribution in [2.24, 2.45) is 27.1 Å². The van der Waals surface area contributed by atoms with Crippen molar-refractivity contribution in [2.45, 2.75) is 82.7 Å². The topological polar surface area (TPSA) is 146 Å². The summed E-state index contributed by atoms with van der Waals surface area (Å²) in [4.78, 5) is 38.3. The Morgan fingerprint density at radius 2 is 1.76 bits per heavy atom. The van der Waals surface area contributed by atoms with Crippen LogP contribution in [0, 0.1) is 11.3 Å². The lowest BCUT2D eigenvalue weighted by molar-refractivity contribution is -0.218. The Hall–Kier alpha value is -4.85. The number of guanidine groups is 1. The molecule has 2 aromatic carbocycles. The summed E-state index contributed by atoms with van der Waals surface area (Å²) in [5.41, 5.74) is 4.74. The molecule has 3 aromatic rings. The molecule has 3 aliphatic rings. The minimum Gasteiger partial charge on any atom is -0.369 e. The van der Waals surface area contributed by atoms with Crippen LogP contribution in [0.1, 0.15) is 75.0 Å². The molecule has 0 saturated heterocycles. The normalized spacial score (nSPS) is 21.9. The number of aliphatic imine (C=N–C) groups is 2. The number of aromatic nitrogens is 3. The number of benzene rings is 2. The number of nitrogens with zero attached hydrogens (tertiary/aromatic N) is 7. The van der Waals surface area contributed by atoms with E-state index in [-0.39, 0.29) is 27.8 Å². The van der Waals surface area contributed by atoms with Crippen molar-refractivity contribution in [1.82, 2.24) is 35.6 Å². The third-order valence-corrected chi connectivity index (χ3v) is 10.2. The van der Waals surface area contributed by atoms with Gasteiger partial charge in [-0.25, -0.2) is 9.98 Å². The molecular formula is C34H35ClF8N10O2. The molecule has 1 fully saturated rings.